The number of hydrogen-bond acceptors (Lipinski definition) is 7. The lowest BCUT2D eigenvalue weighted by Crippen LogP contribution is -2.53. The molecule has 1 N–H and O–H groups in total. The molecule has 0 aliphatic carbocycles. The third kappa shape index (κ3) is 4.92. The summed E-state index contributed by atoms with van der Waals surface area (Å²) in [5, 5.41) is 12.9. The van der Waals surface area contributed by atoms with Crippen molar-refractivity contribution in [2.45, 2.75) is 29.7 Å². The van der Waals surface area contributed by atoms with Gasteiger partial charge in [0.05, 0.1) is 25.5 Å². The van der Waals surface area contributed by atoms with Crippen LogP contribution >= 0.6 is 23.1 Å². The summed E-state index contributed by atoms with van der Waals surface area (Å²) in [5.74, 6) is 0.394. The van der Waals surface area contributed by atoms with E-state index in [9.17, 15) is 9.90 Å². The van der Waals surface area contributed by atoms with Gasteiger partial charge in [0.2, 0.25) is 5.91 Å². The standard InChI is InChI=1S/C16H25N3O3S2/c1-13-8-23-15(17-13)24-9-14(20)19-6-7-22-12-16(21,11-19)10-18-4-2-3-5-18/h8,21H,2-7,9-12H2,1H3. The van der Waals surface area contributed by atoms with Crippen molar-refractivity contribution < 1.29 is 14.6 Å². The van der Waals surface area contributed by atoms with Crippen molar-refractivity contribution in [2.24, 2.45) is 0 Å². The molecular formula is C16H25N3O3S2. The van der Waals surface area contributed by atoms with Crippen molar-refractivity contribution in [1.29, 1.82) is 0 Å². The number of aryl methyl sites for hydroxylation is 1. The van der Waals surface area contributed by atoms with Crippen LogP contribution in [0.15, 0.2) is 9.72 Å². The molecule has 1 atom stereocenters. The number of aromatic nitrogens is 1. The lowest BCUT2D eigenvalue weighted by molar-refractivity contribution is -0.131. The van der Waals surface area contributed by atoms with E-state index in [-0.39, 0.29) is 5.91 Å². The number of ether oxygens (including phenoxy) is 1. The predicted molar refractivity (Wildman–Crippen MR) is 95.6 cm³/mol. The molecule has 1 aromatic heterocycles. The number of amides is 1. The molecule has 3 rings (SSSR count). The maximum atomic E-state index is 12.6. The van der Waals surface area contributed by atoms with E-state index in [2.05, 4.69) is 9.88 Å². The molecule has 24 heavy (non-hydrogen) atoms. The van der Waals surface area contributed by atoms with E-state index in [1.165, 1.54) is 24.6 Å². The SMILES string of the molecule is Cc1csc(SCC(=O)N2CCOCC(O)(CN3CCCC3)C2)n1. The normalized spacial score (nSPS) is 25.8. The zero-order chi connectivity index (χ0) is 17.0. The summed E-state index contributed by atoms with van der Waals surface area (Å²) >= 11 is 3.03. The molecule has 2 aliphatic heterocycles. The third-order valence-corrected chi connectivity index (χ3v) is 6.47. The molecule has 0 spiro atoms. The molecule has 3 heterocycles. The Morgan fingerprint density at radius 2 is 2.25 bits per heavy atom. The fraction of sp³-hybridized carbons (Fsp3) is 0.750. The summed E-state index contributed by atoms with van der Waals surface area (Å²) in [5.41, 5.74) is 0.0111. The van der Waals surface area contributed by atoms with E-state index < -0.39 is 5.60 Å². The van der Waals surface area contributed by atoms with Gasteiger partial charge in [0.25, 0.3) is 0 Å². The Hall–Kier alpha value is -0.670. The lowest BCUT2D eigenvalue weighted by Gasteiger charge is -2.34. The highest BCUT2D eigenvalue weighted by Gasteiger charge is 2.36. The molecule has 1 amide bonds. The molecule has 134 valence electrons. The first-order chi connectivity index (χ1) is 11.5. The summed E-state index contributed by atoms with van der Waals surface area (Å²) < 4.78 is 6.50. The molecule has 0 bridgehead atoms. The number of aliphatic hydroxyl groups is 1. The Kier molecular flexibility index (Phi) is 6.15. The number of nitrogens with zero attached hydrogens (tertiary/aromatic N) is 3. The highest BCUT2D eigenvalue weighted by Crippen LogP contribution is 2.24. The minimum Gasteiger partial charge on any atom is -0.384 e. The summed E-state index contributed by atoms with van der Waals surface area (Å²) in [6.45, 7) is 6.24. The second-order valence-corrected chi connectivity index (χ2v) is 8.70. The van der Waals surface area contributed by atoms with Crippen molar-refractivity contribution in [3.8, 4) is 0 Å². The van der Waals surface area contributed by atoms with Crippen LogP contribution in [-0.2, 0) is 9.53 Å². The van der Waals surface area contributed by atoms with Gasteiger partial charge in [-0.05, 0) is 32.9 Å². The zero-order valence-electron chi connectivity index (χ0n) is 14.1. The highest BCUT2D eigenvalue weighted by molar-refractivity contribution is 8.01. The van der Waals surface area contributed by atoms with Crippen molar-refractivity contribution in [3.63, 3.8) is 0 Å². The summed E-state index contributed by atoms with van der Waals surface area (Å²) in [4.78, 5) is 20.9. The number of β-amino-alcohol motifs (C(OH)–C–C–N with tert-alkyl or cyclic N) is 1. The van der Waals surface area contributed by atoms with E-state index >= 15 is 0 Å². The third-order valence-electron chi connectivity index (χ3n) is 4.35. The van der Waals surface area contributed by atoms with E-state index in [1.54, 1.807) is 16.2 Å². The number of carbonyl (C=O) groups excluding carboxylic acids is 1. The molecule has 0 radical (unpaired) electrons. The van der Waals surface area contributed by atoms with Crippen LogP contribution in [0.1, 0.15) is 18.5 Å². The second kappa shape index (κ2) is 8.14. The molecule has 1 unspecified atom stereocenters. The van der Waals surface area contributed by atoms with Gasteiger partial charge in [0.1, 0.15) is 5.60 Å². The van der Waals surface area contributed by atoms with Crippen LogP contribution in [0.3, 0.4) is 0 Å². The molecule has 1 aromatic rings. The summed E-state index contributed by atoms with van der Waals surface area (Å²) in [7, 11) is 0. The van der Waals surface area contributed by atoms with Crippen LogP contribution in [-0.4, -0.2) is 83.1 Å². The molecule has 8 heteroatoms. The van der Waals surface area contributed by atoms with E-state index in [0.29, 0.717) is 38.6 Å². The fourth-order valence-electron chi connectivity index (χ4n) is 3.20. The fourth-order valence-corrected chi connectivity index (χ4v) is 4.95. The Balaban J connectivity index is 1.55. The minimum atomic E-state index is -0.973. The average molecular weight is 372 g/mol. The minimum absolute atomic E-state index is 0.0400. The molecule has 2 fully saturated rings. The number of likely N-dealkylation sites (tertiary alicyclic amines) is 1. The number of carbonyl (C=O) groups is 1. The first-order valence-electron chi connectivity index (χ1n) is 8.39. The van der Waals surface area contributed by atoms with Crippen molar-refractivity contribution >= 4 is 29.0 Å². The molecule has 0 saturated carbocycles. The Morgan fingerprint density at radius 1 is 1.46 bits per heavy atom. The summed E-state index contributed by atoms with van der Waals surface area (Å²) in [6.07, 6.45) is 2.37. The Morgan fingerprint density at radius 3 is 2.96 bits per heavy atom. The lowest BCUT2D eigenvalue weighted by atomic mass is 10.0. The Labute approximate surface area is 151 Å². The van der Waals surface area contributed by atoms with Gasteiger partial charge in [-0.1, -0.05) is 11.8 Å². The van der Waals surface area contributed by atoms with Crippen LogP contribution in [0.25, 0.3) is 0 Å². The van der Waals surface area contributed by atoms with E-state index in [0.717, 1.165) is 23.1 Å². The molecular weight excluding hydrogens is 346 g/mol. The smallest absolute Gasteiger partial charge is 0.233 e. The molecule has 2 aliphatic rings. The maximum absolute atomic E-state index is 12.6. The molecule has 6 nitrogen and oxygen atoms in total. The van der Waals surface area contributed by atoms with Gasteiger partial charge >= 0.3 is 0 Å². The number of hydrogen-bond donors (Lipinski definition) is 1. The van der Waals surface area contributed by atoms with Crippen molar-refractivity contribution in [1.82, 2.24) is 14.8 Å². The highest BCUT2D eigenvalue weighted by atomic mass is 32.2. The van der Waals surface area contributed by atoms with Gasteiger partial charge in [0.15, 0.2) is 4.34 Å². The zero-order valence-corrected chi connectivity index (χ0v) is 15.7. The number of thioether (sulfide) groups is 1. The van der Waals surface area contributed by atoms with Crippen LogP contribution in [0, 0.1) is 6.92 Å². The van der Waals surface area contributed by atoms with Gasteiger partial charge in [-0.15, -0.1) is 11.3 Å². The van der Waals surface area contributed by atoms with Crippen LogP contribution in [0.5, 0.6) is 0 Å². The average Bonchev–Trinajstić information content (AvgIpc) is 3.15. The second-order valence-electron chi connectivity index (χ2n) is 6.62. The predicted octanol–water partition coefficient (Wildman–Crippen LogP) is 1.23. The van der Waals surface area contributed by atoms with Crippen molar-refractivity contribution in [2.75, 3.05) is 51.7 Å². The van der Waals surface area contributed by atoms with Crippen molar-refractivity contribution in [3.05, 3.63) is 11.1 Å². The number of thiazole rings is 1. The van der Waals surface area contributed by atoms with Gasteiger partial charge in [-0.25, -0.2) is 4.98 Å². The quantitative estimate of drug-likeness (QED) is 0.786. The molecule has 2 saturated heterocycles. The monoisotopic (exact) mass is 371 g/mol. The first kappa shape index (κ1) is 18.1. The van der Waals surface area contributed by atoms with Crippen LogP contribution in [0.2, 0.25) is 0 Å². The first-order valence-corrected chi connectivity index (χ1v) is 10.3. The van der Waals surface area contributed by atoms with Gasteiger partial charge in [0, 0.05) is 24.2 Å². The number of rotatable bonds is 5. The largest absolute Gasteiger partial charge is 0.384 e. The Bertz CT molecular complexity index is 563. The van der Waals surface area contributed by atoms with Gasteiger partial charge in [-0.3, -0.25) is 4.79 Å². The van der Waals surface area contributed by atoms with Crippen LogP contribution < -0.4 is 0 Å². The van der Waals surface area contributed by atoms with Crippen LogP contribution in [0.4, 0.5) is 0 Å². The van der Waals surface area contributed by atoms with Gasteiger partial charge < -0.3 is 19.6 Å². The maximum Gasteiger partial charge on any atom is 0.233 e. The molecule has 0 aromatic carbocycles. The summed E-state index contributed by atoms with van der Waals surface area (Å²) in [6, 6.07) is 0. The van der Waals surface area contributed by atoms with E-state index in [1.807, 2.05) is 12.3 Å². The topological polar surface area (TPSA) is 65.9 Å². The van der Waals surface area contributed by atoms with E-state index in [4.69, 9.17) is 4.74 Å². The van der Waals surface area contributed by atoms with Gasteiger partial charge in [-0.2, -0.15) is 0 Å².